The number of hydrogen-bond acceptors (Lipinski definition) is 3. The van der Waals surface area contributed by atoms with Crippen LogP contribution in [0.1, 0.15) is 27.2 Å². The highest BCUT2D eigenvalue weighted by Crippen LogP contribution is 2.37. The average molecular weight is 283 g/mol. The lowest BCUT2D eigenvalue weighted by atomic mass is 10.1. The van der Waals surface area contributed by atoms with E-state index in [9.17, 15) is 22.8 Å². The topological polar surface area (TPSA) is 66.8 Å². The maximum Gasteiger partial charge on any atom is 0.411 e. The van der Waals surface area contributed by atoms with E-state index in [0.29, 0.717) is 4.90 Å². The second-order valence-corrected chi connectivity index (χ2v) is 5.46. The normalized spacial score (nSPS) is 24.4. The summed E-state index contributed by atoms with van der Waals surface area (Å²) in [6.45, 7) is 3.98. The Morgan fingerprint density at radius 2 is 1.79 bits per heavy atom. The zero-order valence-electron chi connectivity index (χ0n) is 10.8. The number of nitrogens with zero attached hydrogens (tertiary/aromatic N) is 1. The third-order valence-corrected chi connectivity index (χ3v) is 2.68. The van der Waals surface area contributed by atoms with E-state index in [2.05, 4.69) is 0 Å². The Morgan fingerprint density at radius 3 is 2.16 bits per heavy atom. The second-order valence-electron chi connectivity index (χ2n) is 5.46. The molecule has 0 bridgehead atoms. The fourth-order valence-corrected chi connectivity index (χ4v) is 1.83. The number of carbonyl (C=O) groups excluding carboxylic acids is 1. The van der Waals surface area contributed by atoms with Crippen molar-refractivity contribution in [2.45, 2.75) is 45.0 Å². The summed E-state index contributed by atoms with van der Waals surface area (Å²) >= 11 is 0. The maximum absolute atomic E-state index is 12.6. The standard InChI is InChI=1S/C11H16F3NO4/c1-10(2,3)19-9(18)15-5-6(11(12,13)14)4-7(15)8(16)17/h6-7H,4-5H2,1-3H3,(H,16,17)/t6-,7-/m1/s1. The molecule has 110 valence electrons. The lowest BCUT2D eigenvalue weighted by Crippen LogP contribution is -2.43. The highest BCUT2D eigenvalue weighted by Gasteiger charge is 2.51. The minimum atomic E-state index is -4.52. The number of hydrogen-bond donors (Lipinski definition) is 1. The number of carboxylic acid groups (broad SMARTS) is 1. The molecular formula is C11H16F3NO4. The molecule has 0 aliphatic carbocycles. The Balaban J connectivity index is 2.86. The number of aliphatic carboxylic acids is 1. The SMILES string of the molecule is CC(C)(C)OC(=O)N1C[C@H](C(F)(F)F)C[C@@H]1C(=O)O. The third-order valence-electron chi connectivity index (χ3n) is 2.68. The summed E-state index contributed by atoms with van der Waals surface area (Å²) in [5, 5.41) is 8.90. The molecule has 1 aliphatic heterocycles. The molecule has 19 heavy (non-hydrogen) atoms. The molecule has 0 aromatic heterocycles. The van der Waals surface area contributed by atoms with Crippen molar-refractivity contribution in [3.8, 4) is 0 Å². The Hall–Kier alpha value is -1.47. The van der Waals surface area contributed by atoms with E-state index >= 15 is 0 Å². The predicted octanol–water partition coefficient (Wildman–Crippen LogP) is 2.26. The van der Waals surface area contributed by atoms with Gasteiger partial charge in [0.05, 0.1) is 5.92 Å². The molecule has 0 unspecified atom stereocenters. The van der Waals surface area contributed by atoms with Gasteiger partial charge in [0.1, 0.15) is 11.6 Å². The van der Waals surface area contributed by atoms with Gasteiger partial charge in [-0.15, -0.1) is 0 Å². The van der Waals surface area contributed by atoms with Crippen molar-refractivity contribution in [3.63, 3.8) is 0 Å². The van der Waals surface area contributed by atoms with Gasteiger partial charge in [-0.25, -0.2) is 9.59 Å². The first kappa shape index (κ1) is 15.6. The van der Waals surface area contributed by atoms with Crippen LogP contribution in [0.4, 0.5) is 18.0 Å². The van der Waals surface area contributed by atoms with E-state index < -0.39 is 48.8 Å². The minimum Gasteiger partial charge on any atom is -0.480 e. The average Bonchev–Trinajstić information content (AvgIpc) is 2.57. The fourth-order valence-electron chi connectivity index (χ4n) is 1.83. The summed E-state index contributed by atoms with van der Waals surface area (Å²) in [6, 6.07) is -1.50. The van der Waals surface area contributed by atoms with Crippen LogP contribution in [0, 0.1) is 5.92 Å². The molecule has 0 radical (unpaired) electrons. The molecule has 1 fully saturated rings. The second kappa shape index (κ2) is 4.90. The van der Waals surface area contributed by atoms with Gasteiger partial charge in [-0.1, -0.05) is 0 Å². The van der Waals surface area contributed by atoms with Crippen LogP contribution in [-0.4, -0.2) is 46.4 Å². The molecule has 0 spiro atoms. The maximum atomic E-state index is 12.6. The molecule has 0 saturated carbocycles. The smallest absolute Gasteiger partial charge is 0.411 e. The largest absolute Gasteiger partial charge is 0.480 e. The molecule has 5 nitrogen and oxygen atoms in total. The van der Waals surface area contributed by atoms with E-state index in [1.807, 2.05) is 0 Å². The Morgan fingerprint density at radius 1 is 1.26 bits per heavy atom. The number of alkyl halides is 3. The van der Waals surface area contributed by atoms with E-state index in [0.717, 1.165) is 0 Å². The number of carbonyl (C=O) groups is 2. The number of ether oxygens (including phenoxy) is 1. The summed E-state index contributed by atoms with van der Waals surface area (Å²) in [5.74, 6) is -3.29. The number of halogens is 3. The number of amides is 1. The molecule has 1 aliphatic rings. The Bertz CT molecular complexity index is 375. The lowest BCUT2D eigenvalue weighted by molar-refractivity contribution is -0.170. The molecule has 2 atom stereocenters. The zero-order valence-corrected chi connectivity index (χ0v) is 10.8. The molecule has 1 saturated heterocycles. The molecule has 8 heteroatoms. The van der Waals surface area contributed by atoms with Gasteiger partial charge in [-0.3, -0.25) is 4.90 Å². The first-order valence-corrected chi connectivity index (χ1v) is 5.71. The van der Waals surface area contributed by atoms with Crippen LogP contribution in [-0.2, 0) is 9.53 Å². The van der Waals surface area contributed by atoms with Crippen LogP contribution in [0.25, 0.3) is 0 Å². The van der Waals surface area contributed by atoms with E-state index in [1.165, 1.54) is 0 Å². The van der Waals surface area contributed by atoms with E-state index in [1.54, 1.807) is 20.8 Å². The summed E-state index contributed by atoms with van der Waals surface area (Å²) < 4.78 is 42.7. The van der Waals surface area contributed by atoms with E-state index in [-0.39, 0.29) is 0 Å². The Labute approximate surface area is 108 Å². The van der Waals surface area contributed by atoms with Crippen molar-refractivity contribution in [1.29, 1.82) is 0 Å². The highest BCUT2D eigenvalue weighted by molar-refractivity contribution is 5.81. The van der Waals surface area contributed by atoms with Gasteiger partial charge in [0.15, 0.2) is 0 Å². The van der Waals surface area contributed by atoms with Gasteiger partial charge in [0, 0.05) is 6.54 Å². The van der Waals surface area contributed by atoms with Crippen LogP contribution in [0.3, 0.4) is 0 Å². The summed E-state index contributed by atoms with van der Waals surface area (Å²) in [7, 11) is 0. The van der Waals surface area contributed by atoms with Gasteiger partial charge in [-0.05, 0) is 27.2 Å². The van der Waals surface area contributed by atoms with Crippen molar-refractivity contribution in [2.24, 2.45) is 5.92 Å². The van der Waals surface area contributed by atoms with E-state index in [4.69, 9.17) is 9.84 Å². The lowest BCUT2D eigenvalue weighted by Gasteiger charge is -2.26. The fraction of sp³-hybridized carbons (Fsp3) is 0.818. The molecular weight excluding hydrogens is 267 g/mol. The van der Waals surface area contributed by atoms with Crippen LogP contribution in [0.5, 0.6) is 0 Å². The number of carboxylic acids is 1. The molecule has 1 heterocycles. The summed E-state index contributed by atoms with van der Waals surface area (Å²) in [5.41, 5.74) is -0.892. The van der Waals surface area contributed by atoms with Crippen LogP contribution >= 0.6 is 0 Å². The van der Waals surface area contributed by atoms with Crippen molar-refractivity contribution >= 4 is 12.1 Å². The van der Waals surface area contributed by atoms with Gasteiger partial charge in [0.25, 0.3) is 0 Å². The molecule has 0 aromatic carbocycles. The molecule has 1 rings (SSSR count). The quantitative estimate of drug-likeness (QED) is 0.801. The van der Waals surface area contributed by atoms with Crippen molar-refractivity contribution in [1.82, 2.24) is 4.90 Å². The van der Waals surface area contributed by atoms with Crippen LogP contribution in [0.15, 0.2) is 0 Å². The number of likely N-dealkylation sites (tertiary alicyclic amines) is 1. The van der Waals surface area contributed by atoms with Crippen molar-refractivity contribution < 1.29 is 32.6 Å². The first-order chi connectivity index (χ1) is 8.42. The summed E-state index contributed by atoms with van der Waals surface area (Å²) in [4.78, 5) is 23.3. The van der Waals surface area contributed by atoms with Gasteiger partial charge in [-0.2, -0.15) is 13.2 Å². The monoisotopic (exact) mass is 283 g/mol. The highest BCUT2D eigenvalue weighted by atomic mass is 19.4. The number of rotatable bonds is 1. The van der Waals surface area contributed by atoms with Gasteiger partial charge >= 0.3 is 18.2 Å². The minimum absolute atomic E-state index is 0.631. The predicted molar refractivity (Wildman–Crippen MR) is 58.5 cm³/mol. The third kappa shape index (κ3) is 4.00. The Kier molecular flexibility index (Phi) is 4.02. The molecule has 1 N–H and O–H groups in total. The molecule has 1 amide bonds. The van der Waals surface area contributed by atoms with Crippen molar-refractivity contribution in [2.75, 3.05) is 6.54 Å². The zero-order chi connectivity index (χ0) is 15.0. The van der Waals surface area contributed by atoms with Crippen molar-refractivity contribution in [3.05, 3.63) is 0 Å². The van der Waals surface area contributed by atoms with Gasteiger partial charge < -0.3 is 9.84 Å². The van der Waals surface area contributed by atoms with Gasteiger partial charge in [0.2, 0.25) is 0 Å². The molecule has 0 aromatic rings. The van der Waals surface area contributed by atoms with Crippen LogP contribution < -0.4 is 0 Å². The first-order valence-electron chi connectivity index (χ1n) is 5.71. The van der Waals surface area contributed by atoms with Crippen LogP contribution in [0.2, 0.25) is 0 Å². The summed E-state index contributed by atoms with van der Waals surface area (Å²) in [6.07, 6.45) is -6.20.